The number of benzene rings is 1. The number of ether oxygens (including phenoxy) is 1. The molecule has 0 amide bonds. The van der Waals surface area contributed by atoms with Crippen LogP contribution in [0.4, 0.5) is 10.9 Å². The fourth-order valence-corrected chi connectivity index (χ4v) is 2.40. The molecule has 0 aliphatic rings. The van der Waals surface area contributed by atoms with Crippen LogP contribution in [0.15, 0.2) is 42.3 Å². The minimum absolute atomic E-state index is 0.496. The van der Waals surface area contributed by atoms with Gasteiger partial charge in [0.1, 0.15) is 16.8 Å². The van der Waals surface area contributed by atoms with Gasteiger partial charge in [-0.25, -0.2) is 9.97 Å². The lowest BCUT2D eigenvalue weighted by atomic mass is 10.1. The molecule has 0 bridgehead atoms. The summed E-state index contributed by atoms with van der Waals surface area (Å²) in [5.41, 5.74) is 3.97. The fourth-order valence-electron chi connectivity index (χ4n) is 1.89. The Morgan fingerprint density at radius 1 is 1.18 bits per heavy atom. The molecule has 0 fully saturated rings. The van der Waals surface area contributed by atoms with E-state index in [-0.39, 0.29) is 0 Å². The second-order valence-corrected chi connectivity index (χ2v) is 5.20. The summed E-state index contributed by atoms with van der Waals surface area (Å²) in [7, 11) is 1.54. The van der Waals surface area contributed by atoms with Crippen LogP contribution in [0.3, 0.4) is 0 Å². The highest BCUT2D eigenvalue weighted by atomic mass is 32.1. The molecule has 1 N–H and O–H groups in total. The number of anilines is 2. The quantitative estimate of drug-likeness (QED) is 0.796. The van der Waals surface area contributed by atoms with Crippen molar-refractivity contribution in [2.75, 3.05) is 12.4 Å². The summed E-state index contributed by atoms with van der Waals surface area (Å²) >= 11 is 1.48. The van der Waals surface area contributed by atoms with Crippen molar-refractivity contribution in [2.45, 2.75) is 0 Å². The van der Waals surface area contributed by atoms with E-state index in [2.05, 4.69) is 26.3 Å². The van der Waals surface area contributed by atoms with Crippen LogP contribution >= 0.6 is 11.3 Å². The van der Waals surface area contributed by atoms with Gasteiger partial charge in [-0.1, -0.05) is 6.07 Å². The maximum atomic E-state index is 9.00. The Hall–Kier alpha value is -2.98. The maximum absolute atomic E-state index is 9.00. The molecule has 3 aromatic rings. The van der Waals surface area contributed by atoms with E-state index < -0.39 is 0 Å². The molecule has 0 aliphatic heterocycles. The van der Waals surface area contributed by atoms with Gasteiger partial charge in [0.25, 0.3) is 0 Å². The molecule has 0 unspecified atom stereocenters. The Bertz CT molecular complexity index is 809. The van der Waals surface area contributed by atoms with E-state index in [1.165, 1.54) is 11.3 Å². The molecule has 108 valence electrons. The summed E-state index contributed by atoms with van der Waals surface area (Å²) < 4.78 is 5.21. The summed E-state index contributed by atoms with van der Waals surface area (Å²) in [5.74, 6) is 1.04. The number of thiazole rings is 1. The molecule has 1 aromatic carbocycles. The van der Waals surface area contributed by atoms with Crippen LogP contribution in [0, 0.1) is 11.3 Å². The van der Waals surface area contributed by atoms with Gasteiger partial charge in [-0.15, -0.1) is 11.3 Å². The second-order valence-electron chi connectivity index (χ2n) is 4.31. The van der Waals surface area contributed by atoms with Gasteiger partial charge in [0.05, 0.1) is 24.4 Å². The average molecular weight is 309 g/mol. The van der Waals surface area contributed by atoms with Crippen LogP contribution in [0.2, 0.25) is 0 Å². The van der Waals surface area contributed by atoms with Crippen molar-refractivity contribution in [3.05, 3.63) is 47.9 Å². The molecule has 0 radical (unpaired) electrons. The largest absolute Gasteiger partial charge is 0.495 e. The van der Waals surface area contributed by atoms with Crippen molar-refractivity contribution in [1.29, 1.82) is 5.26 Å². The van der Waals surface area contributed by atoms with Crippen molar-refractivity contribution >= 4 is 22.3 Å². The predicted molar refractivity (Wildman–Crippen MR) is 84.1 cm³/mol. The smallest absolute Gasteiger partial charge is 0.227 e. The fraction of sp³-hybridized carbons (Fsp3) is 0.0667. The molecule has 0 atom stereocenters. The van der Waals surface area contributed by atoms with Gasteiger partial charge in [0, 0.05) is 18.0 Å². The zero-order chi connectivity index (χ0) is 15.4. The van der Waals surface area contributed by atoms with E-state index in [1.807, 2.05) is 6.07 Å². The third-order valence-corrected chi connectivity index (χ3v) is 3.66. The standard InChI is InChI=1S/C15H11N5OS/c1-21-13-4-10(2-3-11(13)5-16)12-6-18-15(19-7-12)20-14-8-17-9-22-14/h2-4,6-9H,1H3,(H,18,19,20). The lowest BCUT2D eigenvalue weighted by molar-refractivity contribution is 0.413. The van der Waals surface area contributed by atoms with Crippen molar-refractivity contribution < 1.29 is 4.74 Å². The predicted octanol–water partition coefficient (Wildman–Crippen LogP) is 3.22. The zero-order valence-corrected chi connectivity index (χ0v) is 12.5. The molecule has 2 aromatic heterocycles. The number of methoxy groups -OCH3 is 1. The van der Waals surface area contributed by atoms with Crippen LogP contribution in [0.5, 0.6) is 5.75 Å². The highest BCUT2D eigenvalue weighted by molar-refractivity contribution is 7.13. The van der Waals surface area contributed by atoms with Crippen LogP contribution in [-0.4, -0.2) is 22.1 Å². The Kier molecular flexibility index (Phi) is 3.94. The monoisotopic (exact) mass is 309 g/mol. The van der Waals surface area contributed by atoms with Crippen molar-refractivity contribution in [1.82, 2.24) is 15.0 Å². The number of hydrogen-bond donors (Lipinski definition) is 1. The number of hydrogen-bond acceptors (Lipinski definition) is 7. The number of nitrogens with zero attached hydrogens (tertiary/aromatic N) is 4. The Labute approximate surface area is 131 Å². The van der Waals surface area contributed by atoms with Crippen molar-refractivity contribution in [2.24, 2.45) is 0 Å². The van der Waals surface area contributed by atoms with E-state index >= 15 is 0 Å². The molecule has 0 saturated carbocycles. The number of rotatable bonds is 4. The molecular weight excluding hydrogens is 298 g/mol. The first-order chi connectivity index (χ1) is 10.8. The Morgan fingerprint density at radius 3 is 2.64 bits per heavy atom. The first-order valence-electron chi connectivity index (χ1n) is 6.36. The Morgan fingerprint density at radius 2 is 2.00 bits per heavy atom. The normalized spacial score (nSPS) is 10.0. The van der Waals surface area contributed by atoms with Crippen LogP contribution in [-0.2, 0) is 0 Å². The zero-order valence-electron chi connectivity index (χ0n) is 11.6. The van der Waals surface area contributed by atoms with Gasteiger partial charge in [-0.2, -0.15) is 5.26 Å². The van der Waals surface area contributed by atoms with Crippen LogP contribution in [0.25, 0.3) is 11.1 Å². The van der Waals surface area contributed by atoms with E-state index in [9.17, 15) is 0 Å². The molecule has 22 heavy (non-hydrogen) atoms. The highest BCUT2D eigenvalue weighted by Gasteiger charge is 2.07. The highest BCUT2D eigenvalue weighted by Crippen LogP contribution is 2.26. The van der Waals surface area contributed by atoms with Gasteiger partial charge in [0.2, 0.25) is 5.95 Å². The molecule has 7 heteroatoms. The van der Waals surface area contributed by atoms with Crippen molar-refractivity contribution in [3.63, 3.8) is 0 Å². The van der Waals surface area contributed by atoms with Gasteiger partial charge in [0.15, 0.2) is 0 Å². The van der Waals surface area contributed by atoms with Crippen LogP contribution in [0.1, 0.15) is 5.56 Å². The number of nitrogens with one attached hydrogen (secondary N) is 1. The first-order valence-corrected chi connectivity index (χ1v) is 7.24. The number of aromatic nitrogens is 3. The van der Waals surface area contributed by atoms with E-state index in [1.54, 1.807) is 43.3 Å². The van der Waals surface area contributed by atoms with E-state index in [0.29, 0.717) is 17.3 Å². The SMILES string of the molecule is COc1cc(-c2cnc(Nc3cncs3)nc2)ccc1C#N. The maximum Gasteiger partial charge on any atom is 0.227 e. The lowest BCUT2D eigenvalue weighted by Gasteiger charge is -2.07. The summed E-state index contributed by atoms with van der Waals surface area (Å²) in [5, 5.41) is 13.0. The minimum atomic E-state index is 0.496. The molecule has 6 nitrogen and oxygen atoms in total. The molecule has 0 spiro atoms. The van der Waals surface area contributed by atoms with Gasteiger partial charge in [-0.3, -0.25) is 4.98 Å². The summed E-state index contributed by atoms with van der Waals surface area (Å²) in [4.78, 5) is 12.5. The summed E-state index contributed by atoms with van der Waals surface area (Å²) in [6, 6.07) is 7.45. The second kappa shape index (κ2) is 6.20. The Balaban J connectivity index is 1.85. The van der Waals surface area contributed by atoms with E-state index in [4.69, 9.17) is 10.00 Å². The number of nitriles is 1. The summed E-state index contributed by atoms with van der Waals surface area (Å²) in [6.45, 7) is 0. The minimum Gasteiger partial charge on any atom is -0.495 e. The lowest BCUT2D eigenvalue weighted by Crippen LogP contribution is -1.95. The van der Waals surface area contributed by atoms with Gasteiger partial charge in [-0.05, 0) is 17.7 Å². The summed E-state index contributed by atoms with van der Waals surface area (Å²) in [6.07, 6.45) is 5.15. The van der Waals surface area contributed by atoms with Crippen LogP contribution < -0.4 is 10.1 Å². The van der Waals surface area contributed by atoms with Gasteiger partial charge >= 0.3 is 0 Å². The molecular formula is C15H11N5OS. The third kappa shape index (κ3) is 2.87. The van der Waals surface area contributed by atoms with E-state index in [0.717, 1.165) is 16.1 Å². The molecule has 2 heterocycles. The average Bonchev–Trinajstić information content (AvgIpc) is 3.08. The van der Waals surface area contributed by atoms with Crippen molar-refractivity contribution in [3.8, 4) is 22.9 Å². The molecule has 3 rings (SSSR count). The molecule has 0 saturated heterocycles. The topological polar surface area (TPSA) is 83.7 Å². The van der Waals surface area contributed by atoms with Gasteiger partial charge < -0.3 is 10.1 Å². The molecule has 0 aliphatic carbocycles. The third-order valence-electron chi connectivity index (χ3n) is 2.97. The first kappa shape index (κ1) is 14.0.